The molecule has 0 unspecified atom stereocenters. The second kappa shape index (κ2) is 7.44. The maximum Gasteiger partial charge on any atom is 0.328 e. The average Bonchev–Trinajstić information content (AvgIpc) is 2.72. The van der Waals surface area contributed by atoms with Gasteiger partial charge in [-0.15, -0.1) is 0 Å². The predicted molar refractivity (Wildman–Crippen MR) is 110 cm³/mol. The standard InChI is InChI=1S/C23H17N3O3/c24-16-11-12-17(18(13-16)14-7-3-1-4-8-14)19(15-9-5-2-6-10-15)20-21(27)25-23(29)26-22(20)28/h1-13H,24H2,(H2,25,26,27,28,29). The van der Waals surface area contributed by atoms with E-state index in [2.05, 4.69) is 10.6 Å². The van der Waals surface area contributed by atoms with Gasteiger partial charge >= 0.3 is 6.03 Å². The van der Waals surface area contributed by atoms with E-state index in [4.69, 9.17) is 5.73 Å². The fourth-order valence-corrected chi connectivity index (χ4v) is 3.37. The van der Waals surface area contributed by atoms with Gasteiger partial charge in [0.05, 0.1) is 0 Å². The highest BCUT2D eigenvalue weighted by Gasteiger charge is 2.32. The van der Waals surface area contributed by atoms with Crippen molar-refractivity contribution in [1.29, 1.82) is 0 Å². The highest BCUT2D eigenvalue weighted by molar-refractivity contribution is 6.33. The number of carbonyl (C=O) groups excluding carboxylic acids is 3. The lowest BCUT2D eigenvalue weighted by Gasteiger charge is -2.21. The largest absolute Gasteiger partial charge is 0.399 e. The van der Waals surface area contributed by atoms with E-state index < -0.39 is 17.8 Å². The van der Waals surface area contributed by atoms with Crippen molar-refractivity contribution in [2.24, 2.45) is 0 Å². The Hall–Kier alpha value is -4.19. The van der Waals surface area contributed by atoms with E-state index in [1.807, 2.05) is 60.7 Å². The van der Waals surface area contributed by atoms with E-state index in [0.717, 1.165) is 11.1 Å². The Morgan fingerprint density at radius 2 is 1.31 bits per heavy atom. The molecular weight excluding hydrogens is 366 g/mol. The highest BCUT2D eigenvalue weighted by atomic mass is 16.2. The molecule has 6 nitrogen and oxygen atoms in total. The van der Waals surface area contributed by atoms with Crippen LogP contribution in [-0.2, 0) is 9.59 Å². The molecule has 0 spiro atoms. The van der Waals surface area contributed by atoms with E-state index in [1.165, 1.54) is 0 Å². The third-order valence-corrected chi connectivity index (χ3v) is 4.62. The molecule has 142 valence electrons. The molecule has 3 aromatic carbocycles. The molecule has 1 saturated heterocycles. The number of amides is 4. The molecule has 1 fully saturated rings. The summed E-state index contributed by atoms with van der Waals surface area (Å²) < 4.78 is 0. The number of nitrogen functional groups attached to an aromatic ring is 1. The number of hydrogen-bond acceptors (Lipinski definition) is 4. The predicted octanol–water partition coefficient (Wildman–Crippen LogP) is 3.10. The Bertz CT molecular complexity index is 1130. The molecule has 4 N–H and O–H groups in total. The molecule has 1 aliphatic heterocycles. The van der Waals surface area contributed by atoms with Crippen LogP contribution in [0.3, 0.4) is 0 Å². The minimum atomic E-state index is -0.836. The Morgan fingerprint density at radius 1 is 0.724 bits per heavy atom. The molecule has 3 aromatic rings. The lowest BCUT2D eigenvalue weighted by molar-refractivity contribution is -0.123. The first-order chi connectivity index (χ1) is 14.0. The summed E-state index contributed by atoms with van der Waals surface area (Å²) in [5.41, 5.74) is 9.87. The first-order valence-electron chi connectivity index (χ1n) is 8.96. The Balaban J connectivity index is 2.05. The van der Waals surface area contributed by atoms with Gasteiger partial charge in [0.25, 0.3) is 11.8 Å². The van der Waals surface area contributed by atoms with Crippen LogP contribution in [0.5, 0.6) is 0 Å². The van der Waals surface area contributed by atoms with E-state index in [-0.39, 0.29) is 5.57 Å². The van der Waals surface area contributed by atoms with Gasteiger partial charge in [-0.2, -0.15) is 0 Å². The number of carbonyl (C=O) groups is 3. The van der Waals surface area contributed by atoms with Crippen molar-refractivity contribution in [1.82, 2.24) is 10.6 Å². The van der Waals surface area contributed by atoms with Gasteiger partial charge in [-0.3, -0.25) is 20.2 Å². The molecule has 0 atom stereocenters. The average molecular weight is 383 g/mol. The maximum absolute atomic E-state index is 12.6. The fraction of sp³-hybridized carbons (Fsp3) is 0. The maximum atomic E-state index is 12.6. The van der Waals surface area contributed by atoms with Crippen molar-refractivity contribution < 1.29 is 14.4 Å². The molecule has 4 rings (SSSR count). The Kier molecular flexibility index (Phi) is 4.66. The van der Waals surface area contributed by atoms with Crippen LogP contribution in [-0.4, -0.2) is 17.8 Å². The van der Waals surface area contributed by atoms with Gasteiger partial charge in [0, 0.05) is 11.3 Å². The number of rotatable bonds is 3. The number of nitrogens with two attached hydrogens (primary N) is 1. The van der Waals surface area contributed by atoms with Crippen LogP contribution in [0, 0.1) is 0 Å². The molecule has 6 heteroatoms. The summed E-state index contributed by atoms with van der Waals surface area (Å²) in [6.45, 7) is 0. The second-order valence-electron chi connectivity index (χ2n) is 6.52. The van der Waals surface area contributed by atoms with E-state index in [0.29, 0.717) is 22.4 Å². The van der Waals surface area contributed by atoms with E-state index in [1.54, 1.807) is 18.2 Å². The van der Waals surface area contributed by atoms with Crippen LogP contribution < -0.4 is 16.4 Å². The Labute approximate surface area is 167 Å². The zero-order valence-corrected chi connectivity index (χ0v) is 15.3. The minimum Gasteiger partial charge on any atom is -0.399 e. The number of imide groups is 2. The number of barbiturate groups is 1. The normalized spacial score (nSPS) is 13.7. The zero-order chi connectivity index (χ0) is 20.4. The molecule has 0 saturated carbocycles. The van der Waals surface area contributed by atoms with Crippen molar-refractivity contribution in [3.05, 3.63) is 95.6 Å². The minimum absolute atomic E-state index is 0.127. The third kappa shape index (κ3) is 3.51. The second-order valence-corrected chi connectivity index (χ2v) is 6.52. The molecule has 1 heterocycles. The summed E-state index contributed by atoms with van der Waals surface area (Å²) in [6, 6.07) is 23.1. The molecule has 4 amide bonds. The molecule has 0 radical (unpaired) electrons. The summed E-state index contributed by atoms with van der Waals surface area (Å²) in [6.07, 6.45) is 0. The zero-order valence-electron chi connectivity index (χ0n) is 15.3. The van der Waals surface area contributed by atoms with Gasteiger partial charge in [-0.25, -0.2) is 4.79 Å². The number of anilines is 1. The number of nitrogens with one attached hydrogen (secondary N) is 2. The quantitative estimate of drug-likeness (QED) is 0.367. The van der Waals surface area contributed by atoms with Gasteiger partial charge in [-0.1, -0.05) is 66.7 Å². The van der Waals surface area contributed by atoms with Crippen LogP contribution in [0.2, 0.25) is 0 Å². The molecule has 0 aromatic heterocycles. The molecule has 0 aliphatic carbocycles. The van der Waals surface area contributed by atoms with Crippen LogP contribution >= 0.6 is 0 Å². The fourth-order valence-electron chi connectivity index (χ4n) is 3.37. The van der Waals surface area contributed by atoms with E-state index >= 15 is 0 Å². The molecule has 0 bridgehead atoms. The molecular formula is C23H17N3O3. The van der Waals surface area contributed by atoms with Gasteiger partial charge in [-0.05, 0) is 34.4 Å². The summed E-state index contributed by atoms with van der Waals surface area (Å²) >= 11 is 0. The van der Waals surface area contributed by atoms with Crippen molar-refractivity contribution >= 4 is 29.1 Å². The van der Waals surface area contributed by atoms with Crippen molar-refractivity contribution in [2.75, 3.05) is 5.73 Å². The number of benzene rings is 3. The monoisotopic (exact) mass is 383 g/mol. The van der Waals surface area contributed by atoms with Crippen LogP contribution in [0.25, 0.3) is 16.7 Å². The summed E-state index contributed by atoms with van der Waals surface area (Å²) in [5.74, 6) is -1.48. The summed E-state index contributed by atoms with van der Waals surface area (Å²) in [5, 5.41) is 4.32. The van der Waals surface area contributed by atoms with Crippen LogP contribution in [0.15, 0.2) is 84.4 Å². The lowest BCUT2D eigenvalue weighted by atomic mass is 9.86. The van der Waals surface area contributed by atoms with Crippen molar-refractivity contribution in [3.8, 4) is 11.1 Å². The number of hydrogen-bond donors (Lipinski definition) is 3. The van der Waals surface area contributed by atoms with Gasteiger partial charge in [0.1, 0.15) is 5.57 Å². The van der Waals surface area contributed by atoms with Crippen molar-refractivity contribution in [3.63, 3.8) is 0 Å². The molecule has 29 heavy (non-hydrogen) atoms. The van der Waals surface area contributed by atoms with Gasteiger partial charge in [0.15, 0.2) is 0 Å². The summed E-state index contributed by atoms with van der Waals surface area (Å²) in [7, 11) is 0. The summed E-state index contributed by atoms with van der Waals surface area (Å²) in [4.78, 5) is 36.8. The SMILES string of the molecule is Nc1ccc(C(=C2C(=O)NC(=O)NC2=O)c2ccccc2)c(-c2ccccc2)c1. The third-order valence-electron chi connectivity index (χ3n) is 4.62. The van der Waals surface area contributed by atoms with Gasteiger partial charge < -0.3 is 5.73 Å². The number of urea groups is 1. The Morgan fingerprint density at radius 3 is 1.93 bits per heavy atom. The topological polar surface area (TPSA) is 101 Å². The molecule has 1 aliphatic rings. The van der Waals surface area contributed by atoms with E-state index in [9.17, 15) is 14.4 Å². The van der Waals surface area contributed by atoms with Crippen molar-refractivity contribution in [2.45, 2.75) is 0 Å². The first-order valence-corrected chi connectivity index (χ1v) is 8.96. The highest BCUT2D eigenvalue weighted by Crippen LogP contribution is 2.36. The van der Waals surface area contributed by atoms with Crippen LogP contribution in [0.1, 0.15) is 11.1 Å². The lowest BCUT2D eigenvalue weighted by Crippen LogP contribution is -2.51. The van der Waals surface area contributed by atoms with Gasteiger partial charge in [0.2, 0.25) is 0 Å². The smallest absolute Gasteiger partial charge is 0.328 e. The first kappa shape index (κ1) is 18.2. The van der Waals surface area contributed by atoms with Crippen LogP contribution in [0.4, 0.5) is 10.5 Å².